The fourth-order valence-electron chi connectivity index (χ4n) is 2.48. The largest absolute Gasteiger partial charge is 0.350 e. The first-order valence-electron chi connectivity index (χ1n) is 7.26. The van der Waals surface area contributed by atoms with Gasteiger partial charge in [-0.1, -0.05) is 11.3 Å². The summed E-state index contributed by atoms with van der Waals surface area (Å²) in [5.74, 6) is -0.147. The number of piperidine rings is 1. The Bertz CT molecular complexity index is 580. The Morgan fingerprint density at radius 2 is 2.27 bits per heavy atom. The number of halogens is 1. The molecule has 0 aromatic carbocycles. The standard InChI is InChI=1S/C14H19N5OS.ClH/c20-14(16-8-5-12-2-1-9-21-12)13-10-19(18-17-13)11-3-6-15-7-4-11;/h1-2,9-11,15H,3-8H2,(H,16,20);1H. The lowest BCUT2D eigenvalue weighted by atomic mass is 10.1. The fourth-order valence-corrected chi connectivity index (χ4v) is 3.18. The highest BCUT2D eigenvalue weighted by Crippen LogP contribution is 2.17. The van der Waals surface area contributed by atoms with Crippen LogP contribution in [0.2, 0.25) is 0 Å². The van der Waals surface area contributed by atoms with E-state index in [0.29, 0.717) is 18.3 Å². The minimum absolute atomic E-state index is 0. The van der Waals surface area contributed by atoms with E-state index in [-0.39, 0.29) is 18.3 Å². The lowest BCUT2D eigenvalue weighted by Crippen LogP contribution is -2.29. The van der Waals surface area contributed by atoms with Gasteiger partial charge in [0.2, 0.25) is 0 Å². The molecule has 2 aromatic rings. The molecule has 1 saturated heterocycles. The van der Waals surface area contributed by atoms with E-state index in [0.717, 1.165) is 32.4 Å². The normalized spacial score (nSPS) is 15.3. The minimum Gasteiger partial charge on any atom is -0.350 e. The van der Waals surface area contributed by atoms with Crippen LogP contribution < -0.4 is 10.6 Å². The Morgan fingerprint density at radius 3 is 3.00 bits per heavy atom. The molecule has 1 aliphatic rings. The molecule has 0 spiro atoms. The van der Waals surface area contributed by atoms with Crippen LogP contribution in [0.4, 0.5) is 0 Å². The number of carbonyl (C=O) groups is 1. The first-order chi connectivity index (χ1) is 10.3. The van der Waals surface area contributed by atoms with Crippen LogP contribution in [-0.2, 0) is 6.42 Å². The number of nitrogens with zero attached hydrogens (tertiary/aromatic N) is 3. The van der Waals surface area contributed by atoms with Crippen molar-refractivity contribution in [3.63, 3.8) is 0 Å². The van der Waals surface area contributed by atoms with Crippen LogP contribution in [0.25, 0.3) is 0 Å². The molecule has 3 rings (SSSR count). The minimum atomic E-state index is -0.147. The van der Waals surface area contributed by atoms with Gasteiger partial charge in [-0.25, -0.2) is 4.68 Å². The maximum Gasteiger partial charge on any atom is 0.273 e. The van der Waals surface area contributed by atoms with Gasteiger partial charge in [0, 0.05) is 11.4 Å². The van der Waals surface area contributed by atoms with E-state index < -0.39 is 0 Å². The second kappa shape index (κ2) is 8.26. The summed E-state index contributed by atoms with van der Waals surface area (Å²) in [5.41, 5.74) is 0.403. The maximum absolute atomic E-state index is 12.0. The Kier molecular flexibility index (Phi) is 6.35. The third-order valence-electron chi connectivity index (χ3n) is 3.66. The van der Waals surface area contributed by atoms with Gasteiger partial charge in [0.05, 0.1) is 12.2 Å². The molecule has 0 aliphatic carbocycles. The quantitative estimate of drug-likeness (QED) is 0.867. The van der Waals surface area contributed by atoms with Gasteiger partial charge in [-0.2, -0.15) is 0 Å². The van der Waals surface area contributed by atoms with Gasteiger partial charge in [-0.3, -0.25) is 4.79 Å². The Labute approximate surface area is 139 Å². The van der Waals surface area contributed by atoms with Crippen LogP contribution in [0.3, 0.4) is 0 Å². The summed E-state index contributed by atoms with van der Waals surface area (Å²) < 4.78 is 1.83. The van der Waals surface area contributed by atoms with Gasteiger partial charge in [0.15, 0.2) is 5.69 Å². The second-order valence-electron chi connectivity index (χ2n) is 5.15. The number of hydrogen-bond donors (Lipinski definition) is 2. The molecule has 0 atom stereocenters. The zero-order valence-corrected chi connectivity index (χ0v) is 13.8. The number of rotatable bonds is 5. The van der Waals surface area contributed by atoms with Crippen molar-refractivity contribution in [3.8, 4) is 0 Å². The Morgan fingerprint density at radius 1 is 1.45 bits per heavy atom. The number of hydrogen-bond acceptors (Lipinski definition) is 5. The van der Waals surface area contributed by atoms with Crippen LogP contribution in [0, 0.1) is 0 Å². The molecule has 0 bridgehead atoms. The summed E-state index contributed by atoms with van der Waals surface area (Å²) in [6, 6.07) is 4.45. The van der Waals surface area contributed by atoms with Crippen LogP contribution in [0.5, 0.6) is 0 Å². The number of nitrogens with one attached hydrogen (secondary N) is 2. The molecule has 1 fully saturated rings. The third kappa shape index (κ3) is 4.28. The van der Waals surface area contributed by atoms with Crippen LogP contribution >= 0.6 is 23.7 Å². The van der Waals surface area contributed by atoms with E-state index in [1.54, 1.807) is 17.5 Å². The topological polar surface area (TPSA) is 71.8 Å². The number of amides is 1. The molecular weight excluding hydrogens is 322 g/mol. The van der Waals surface area contributed by atoms with Crippen LogP contribution in [-0.4, -0.2) is 40.5 Å². The lowest BCUT2D eigenvalue weighted by molar-refractivity contribution is 0.0949. The molecule has 1 aliphatic heterocycles. The molecule has 2 N–H and O–H groups in total. The van der Waals surface area contributed by atoms with Crippen molar-refractivity contribution in [2.45, 2.75) is 25.3 Å². The summed E-state index contributed by atoms with van der Waals surface area (Å²) >= 11 is 1.70. The molecule has 1 amide bonds. The monoisotopic (exact) mass is 341 g/mol. The highest BCUT2D eigenvalue weighted by Gasteiger charge is 2.18. The van der Waals surface area contributed by atoms with Crippen LogP contribution in [0.15, 0.2) is 23.7 Å². The van der Waals surface area contributed by atoms with Crippen molar-refractivity contribution in [1.29, 1.82) is 0 Å². The molecule has 0 radical (unpaired) electrons. The summed E-state index contributed by atoms with van der Waals surface area (Å²) in [7, 11) is 0. The summed E-state index contributed by atoms with van der Waals surface area (Å²) in [6.07, 6.45) is 4.67. The molecule has 3 heterocycles. The van der Waals surface area contributed by atoms with Gasteiger partial charge in [0.1, 0.15) is 0 Å². The molecule has 2 aromatic heterocycles. The summed E-state index contributed by atoms with van der Waals surface area (Å²) in [4.78, 5) is 13.3. The highest BCUT2D eigenvalue weighted by molar-refractivity contribution is 7.09. The zero-order chi connectivity index (χ0) is 14.5. The summed E-state index contributed by atoms with van der Waals surface area (Å²) in [5, 5.41) is 16.3. The van der Waals surface area contributed by atoms with Crippen LogP contribution in [0.1, 0.15) is 34.2 Å². The Balaban J connectivity index is 0.00000176. The van der Waals surface area contributed by atoms with Crippen molar-refractivity contribution < 1.29 is 4.79 Å². The smallest absolute Gasteiger partial charge is 0.273 e. The summed E-state index contributed by atoms with van der Waals surface area (Å²) in [6.45, 7) is 2.61. The van der Waals surface area contributed by atoms with E-state index in [4.69, 9.17) is 0 Å². The highest BCUT2D eigenvalue weighted by atomic mass is 35.5. The van der Waals surface area contributed by atoms with Gasteiger partial charge >= 0.3 is 0 Å². The third-order valence-corrected chi connectivity index (χ3v) is 4.60. The number of aromatic nitrogens is 3. The van der Waals surface area contributed by atoms with E-state index in [2.05, 4.69) is 27.0 Å². The SMILES string of the molecule is Cl.O=C(NCCc1cccs1)c1cn(C2CCNCC2)nn1. The first-order valence-corrected chi connectivity index (χ1v) is 8.14. The van der Waals surface area contributed by atoms with E-state index >= 15 is 0 Å². The predicted molar refractivity (Wildman–Crippen MR) is 88.8 cm³/mol. The molecule has 120 valence electrons. The van der Waals surface area contributed by atoms with Crippen molar-refractivity contribution in [3.05, 3.63) is 34.3 Å². The van der Waals surface area contributed by atoms with E-state index in [9.17, 15) is 4.79 Å². The van der Waals surface area contributed by atoms with E-state index in [1.807, 2.05) is 16.1 Å². The molecule has 8 heteroatoms. The number of carbonyl (C=O) groups excluding carboxylic acids is 1. The average molecular weight is 342 g/mol. The molecule has 0 unspecified atom stereocenters. The van der Waals surface area contributed by atoms with Crippen molar-refractivity contribution >= 4 is 29.7 Å². The van der Waals surface area contributed by atoms with Crippen molar-refractivity contribution in [2.24, 2.45) is 0 Å². The van der Waals surface area contributed by atoms with Crippen molar-refractivity contribution in [2.75, 3.05) is 19.6 Å². The van der Waals surface area contributed by atoms with Crippen molar-refractivity contribution in [1.82, 2.24) is 25.6 Å². The maximum atomic E-state index is 12.0. The van der Waals surface area contributed by atoms with E-state index in [1.165, 1.54) is 4.88 Å². The predicted octanol–water partition coefficient (Wildman–Crippen LogP) is 1.66. The Hall–Kier alpha value is -1.44. The van der Waals surface area contributed by atoms with Gasteiger partial charge in [0.25, 0.3) is 5.91 Å². The average Bonchev–Trinajstić information content (AvgIpc) is 3.20. The number of thiophene rings is 1. The fraction of sp³-hybridized carbons (Fsp3) is 0.500. The molecule has 0 saturated carbocycles. The molecule has 6 nitrogen and oxygen atoms in total. The first kappa shape index (κ1) is 16.9. The molecule has 22 heavy (non-hydrogen) atoms. The van der Waals surface area contributed by atoms with Gasteiger partial charge < -0.3 is 10.6 Å². The molecular formula is C14H20ClN5OS. The lowest BCUT2D eigenvalue weighted by Gasteiger charge is -2.22. The van der Waals surface area contributed by atoms with Gasteiger partial charge in [-0.05, 0) is 43.8 Å². The van der Waals surface area contributed by atoms with Gasteiger partial charge in [-0.15, -0.1) is 28.8 Å². The zero-order valence-electron chi connectivity index (χ0n) is 12.2. The second-order valence-corrected chi connectivity index (χ2v) is 6.18.